The Kier molecular flexibility index (Phi) is 7.22. The maximum atomic E-state index is 12.7. The van der Waals surface area contributed by atoms with Crippen LogP contribution in [0.5, 0.6) is 5.75 Å². The number of carbonyl (C=O) groups excluding carboxylic acids is 2. The van der Waals surface area contributed by atoms with Gasteiger partial charge in [-0.05, 0) is 36.6 Å². The molecule has 5 heteroatoms. The molecule has 0 fully saturated rings. The fourth-order valence-corrected chi connectivity index (χ4v) is 3.05. The van der Waals surface area contributed by atoms with Crippen LogP contribution in [0.3, 0.4) is 0 Å². The Hall–Kier alpha value is -3.60. The summed E-state index contributed by atoms with van der Waals surface area (Å²) in [6.07, 6.45) is -0.951. The second-order valence-corrected chi connectivity index (χ2v) is 6.95. The molecule has 1 N–H and O–H groups in total. The molecule has 3 rings (SSSR count). The number of carbonyl (C=O) groups is 2. The highest BCUT2D eigenvalue weighted by atomic mass is 16.6. The Bertz CT molecular complexity index is 933. The van der Waals surface area contributed by atoms with Crippen molar-refractivity contribution in [2.24, 2.45) is 0 Å². The summed E-state index contributed by atoms with van der Waals surface area (Å²) in [4.78, 5) is 24.9. The van der Waals surface area contributed by atoms with Crippen molar-refractivity contribution in [3.8, 4) is 5.75 Å². The van der Waals surface area contributed by atoms with Crippen molar-refractivity contribution in [2.45, 2.75) is 26.0 Å². The van der Waals surface area contributed by atoms with Gasteiger partial charge < -0.3 is 14.8 Å². The molecule has 0 aromatic heterocycles. The Balaban J connectivity index is 1.61. The summed E-state index contributed by atoms with van der Waals surface area (Å²) in [5, 5.41) is 2.98. The van der Waals surface area contributed by atoms with Gasteiger partial charge in [-0.2, -0.15) is 0 Å². The van der Waals surface area contributed by atoms with Crippen molar-refractivity contribution in [2.75, 3.05) is 6.61 Å². The summed E-state index contributed by atoms with van der Waals surface area (Å²) >= 11 is 0. The van der Waals surface area contributed by atoms with Crippen LogP contribution in [0, 0.1) is 6.92 Å². The standard InChI is InChI=1S/C25H25NO4/c1-18-11-9-10-16-22(18)29-17-23(27)30-19(2)25(28)26-24(20-12-5-3-6-13-20)21-14-7-4-8-15-21/h3-16,19,24H,17H2,1-2H3,(H,26,28)/t19-/m0/s1. The number of hydrogen-bond donors (Lipinski definition) is 1. The zero-order valence-electron chi connectivity index (χ0n) is 17.1. The highest BCUT2D eigenvalue weighted by Gasteiger charge is 2.23. The van der Waals surface area contributed by atoms with E-state index >= 15 is 0 Å². The third-order valence-electron chi connectivity index (χ3n) is 4.67. The lowest BCUT2D eigenvalue weighted by molar-refractivity contribution is -0.156. The van der Waals surface area contributed by atoms with Gasteiger partial charge in [0, 0.05) is 0 Å². The molecule has 154 valence electrons. The van der Waals surface area contributed by atoms with Crippen LogP contribution >= 0.6 is 0 Å². The molecule has 0 aliphatic rings. The lowest BCUT2D eigenvalue weighted by atomic mass is 9.98. The number of rotatable bonds is 8. The van der Waals surface area contributed by atoms with Crippen molar-refractivity contribution in [1.29, 1.82) is 0 Å². The normalized spacial score (nSPS) is 11.6. The van der Waals surface area contributed by atoms with Crippen LogP contribution in [-0.2, 0) is 14.3 Å². The number of para-hydroxylation sites is 1. The minimum Gasteiger partial charge on any atom is -0.482 e. The van der Waals surface area contributed by atoms with Gasteiger partial charge in [-0.15, -0.1) is 0 Å². The van der Waals surface area contributed by atoms with Gasteiger partial charge in [0.15, 0.2) is 12.7 Å². The molecule has 1 atom stereocenters. The number of hydrogen-bond acceptors (Lipinski definition) is 4. The molecule has 0 heterocycles. The summed E-state index contributed by atoms with van der Waals surface area (Å²) in [7, 11) is 0. The van der Waals surface area contributed by atoms with Gasteiger partial charge in [0.25, 0.3) is 5.91 Å². The van der Waals surface area contributed by atoms with Gasteiger partial charge in [0.05, 0.1) is 6.04 Å². The second-order valence-electron chi connectivity index (χ2n) is 6.95. The molecule has 0 aliphatic heterocycles. The van der Waals surface area contributed by atoms with Gasteiger partial charge in [0.1, 0.15) is 5.75 Å². The maximum Gasteiger partial charge on any atom is 0.344 e. The van der Waals surface area contributed by atoms with Gasteiger partial charge in [-0.25, -0.2) is 4.79 Å². The van der Waals surface area contributed by atoms with E-state index in [1.807, 2.05) is 85.8 Å². The predicted molar refractivity (Wildman–Crippen MR) is 115 cm³/mol. The first-order chi connectivity index (χ1) is 14.5. The molecule has 1 amide bonds. The van der Waals surface area contributed by atoms with Crippen molar-refractivity contribution < 1.29 is 19.1 Å². The topological polar surface area (TPSA) is 64.6 Å². The number of ether oxygens (including phenoxy) is 2. The van der Waals surface area contributed by atoms with E-state index in [0.29, 0.717) is 5.75 Å². The monoisotopic (exact) mass is 403 g/mol. The van der Waals surface area contributed by atoms with Crippen LogP contribution in [0.15, 0.2) is 84.9 Å². The van der Waals surface area contributed by atoms with Crippen LogP contribution < -0.4 is 10.1 Å². The first-order valence-corrected chi connectivity index (χ1v) is 9.83. The summed E-state index contributed by atoms with van der Waals surface area (Å²) < 4.78 is 10.8. The van der Waals surface area contributed by atoms with E-state index in [0.717, 1.165) is 16.7 Å². The van der Waals surface area contributed by atoms with Crippen LogP contribution in [0.4, 0.5) is 0 Å². The van der Waals surface area contributed by atoms with Crippen LogP contribution in [-0.4, -0.2) is 24.6 Å². The van der Waals surface area contributed by atoms with E-state index in [-0.39, 0.29) is 18.6 Å². The number of aryl methyl sites for hydroxylation is 1. The lowest BCUT2D eigenvalue weighted by Crippen LogP contribution is -2.39. The first kappa shape index (κ1) is 21.1. The molecule has 0 aliphatic carbocycles. The van der Waals surface area contributed by atoms with Crippen molar-refractivity contribution in [3.63, 3.8) is 0 Å². The maximum absolute atomic E-state index is 12.7. The Morgan fingerprint density at radius 1 is 0.833 bits per heavy atom. The largest absolute Gasteiger partial charge is 0.482 e. The average Bonchev–Trinajstić information content (AvgIpc) is 2.78. The number of esters is 1. The summed E-state index contributed by atoms with van der Waals surface area (Å²) in [5.41, 5.74) is 2.81. The zero-order chi connectivity index (χ0) is 21.3. The molecular weight excluding hydrogens is 378 g/mol. The molecule has 0 radical (unpaired) electrons. The highest BCUT2D eigenvalue weighted by Crippen LogP contribution is 2.22. The molecule has 30 heavy (non-hydrogen) atoms. The van der Waals surface area contributed by atoms with Crippen LogP contribution in [0.1, 0.15) is 29.7 Å². The predicted octanol–water partition coefficient (Wildman–Crippen LogP) is 4.21. The molecule has 0 spiro atoms. The summed E-state index contributed by atoms with van der Waals surface area (Å²) in [6, 6.07) is 26.4. The molecule has 0 saturated carbocycles. The smallest absolute Gasteiger partial charge is 0.344 e. The Labute approximate surface area is 176 Å². The third kappa shape index (κ3) is 5.70. The number of nitrogens with one attached hydrogen (secondary N) is 1. The SMILES string of the molecule is Cc1ccccc1OCC(=O)O[C@@H](C)C(=O)NC(c1ccccc1)c1ccccc1. The molecule has 0 unspecified atom stereocenters. The van der Waals surface area contributed by atoms with Gasteiger partial charge in [-0.3, -0.25) is 4.79 Å². The van der Waals surface area contributed by atoms with Crippen molar-refractivity contribution >= 4 is 11.9 Å². The van der Waals surface area contributed by atoms with Gasteiger partial charge >= 0.3 is 5.97 Å². The summed E-state index contributed by atoms with van der Waals surface area (Å²) in [6.45, 7) is 3.18. The third-order valence-corrected chi connectivity index (χ3v) is 4.67. The van der Waals surface area contributed by atoms with E-state index in [1.165, 1.54) is 0 Å². The molecular formula is C25H25NO4. The second kappa shape index (κ2) is 10.3. The summed E-state index contributed by atoms with van der Waals surface area (Å²) in [5.74, 6) is -0.367. The van der Waals surface area contributed by atoms with E-state index in [2.05, 4.69) is 5.32 Å². The molecule has 0 bridgehead atoms. The van der Waals surface area contributed by atoms with Gasteiger partial charge in [0.2, 0.25) is 0 Å². The molecule has 3 aromatic rings. The lowest BCUT2D eigenvalue weighted by Gasteiger charge is -2.22. The van der Waals surface area contributed by atoms with Crippen molar-refractivity contribution in [3.05, 3.63) is 102 Å². The molecule has 5 nitrogen and oxygen atoms in total. The number of benzene rings is 3. The Morgan fingerprint density at radius 3 is 1.93 bits per heavy atom. The van der Waals surface area contributed by atoms with E-state index in [4.69, 9.17) is 9.47 Å². The zero-order valence-corrected chi connectivity index (χ0v) is 17.1. The minimum atomic E-state index is -0.951. The fourth-order valence-electron chi connectivity index (χ4n) is 3.05. The number of amides is 1. The van der Waals surface area contributed by atoms with Crippen LogP contribution in [0.25, 0.3) is 0 Å². The molecule has 0 saturated heterocycles. The highest BCUT2D eigenvalue weighted by molar-refractivity contribution is 5.84. The van der Waals surface area contributed by atoms with Gasteiger partial charge in [-0.1, -0.05) is 78.9 Å². The van der Waals surface area contributed by atoms with Crippen LogP contribution in [0.2, 0.25) is 0 Å². The van der Waals surface area contributed by atoms with E-state index in [9.17, 15) is 9.59 Å². The molecule has 3 aromatic carbocycles. The fraction of sp³-hybridized carbons (Fsp3) is 0.200. The Morgan fingerprint density at radius 2 is 1.37 bits per heavy atom. The minimum absolute atomic E-state index is 0.261. The quantitative estimate of drug-likeness (QED) is 0.572. The van der Waals surface area contributed by atoms with E-state index < -0.39 is 12.1 Å². The first-order valence-electron chi connectivity index (χ1n) is 9.83. The average molecular weight is 403 g/mol. The van der Waals surface area contributed by atoms with E-state index in [1.54, 1.807) is 13.0 Å². The van der Waals surface area contributed by atoms with Crippen molar-refractivity contribution in [1.82, 2.24) is 5.32 Å².